The zero-order valence-electron chi connectivity index (χ0n) is 7.76. The second kappa shape index (κ2) is 3.11. The van der Waals surface area contributed by atoms with E-state index in [9.17, 15) is 4.39 Å². The van der Waals surface area contributed by atoms with Gasteiger partial charge in [0.05, 0.1) is 0 Å². The highest BCUT2D eigenvalue weighted by Gasteiger charge is 2.37. The molecule has 1 aliphatic rings. The van der Waals surface area contributed by atoms with Crippen molar-refractivity contribution in [1.82, 2.24) is 0 Å². The summed E-state index contributed by atoms with van der Waals surface area (Å²) in [6.07, 6.45) is 1.13. The van der Waals surface area contributed by atoms with Crippen molar-refractivity contribution in [2.45, 2.75) is 19.3 Å². The van der Waals surface area contributed by atoms with Gasteiger partial charge in [0.25, 0.3) is 0 Å². The fraction of sp³-hybridized carbons (Fsp3) is 0.455. The number of nitrogens with two attached hydrogens (primary N) is 1. The summed E-state index contributed by atoms with van der Waals surface area (Å²) in [6.45, 7) is 2.57. The lowest BCUT2D eigenvalue weighted by Crippen LogP contribution is -2.02. The summed E-state index contributed by atoms with van der Waals surface area (Å²) in [5.74, 6) is 1.00. The third kappa shape index (κ3) is 1.46. The van der Waals surface area contributed by atoms with Crippen LogP contribution in [0.25, 0.3) is 0 Å². The first-order chi connectivity index (χ1) is 6.24. The minimum atomic E-state index is -0.0971. The molecule has 2 heteroatoms. The molecule has 0 amide bonds. The van der Waals surface area contributed by atoms with Crippen molar-refractivity contribution in [2.24, 2.45) is 11.7 Å². The lowest BCUT2D eigenvalue weighted by molar-refractivity contribution is 0.614. The second-order valence-electron chi connectivity index (χ2n) is 3.79. The highest BCUT2D eigenvalue weighted by molar-refractivity contribution is 5.34. The van der Waals surface area contributed by atoms with Gasteiger partial charge in [-0.3, -0.25) is 0 Å². The molecule has 2 unspecified atom stereocenters. The van der Waals surface area contributed by atoms with Gasteiger partial charge in [-0.1, -0.05) is 12.1 Å². The van der Waals surface area contributed by atoms with E-state index < -0.39 is 0 Å². The van der Waals surface area contributed by atoms with Gasteiger partial charge in [0.1, 0.15) is 5.82 Å². The summed E-state index contributed by atoms with van der Waals surface area (Å²) in [5.41, 5.74) is 7.50. The molecule has 13 heavy (non-hydrogen) atoms. The maximum atomic E-state index is 13.2. The van der Waals surface area contributed by atoms with Crippen molar-refractivity contribution < 1.29 is 4.39 Å². The molecule has 2 rings (SSSR count). The Labute approximate surface area is 77.8 Å². The SMILES string of the molecule is Cc1c(F)cccc1C1CC1CN. The van der Waals surface area contributed by atoms with Crippen molar-refractivity contribution >= 4 is 0 Å². The molecule has 1 aromatic rings. The van der Waals surface area contributed by atoms with Crippen LogP contribution in [0.1, 0.15) is 23.5 Å². The van der Waals surface area contributed by atoms with E-state index in [4.69, 9.17) is 5.73 Å². The van der Waals surface area contributed by atoms with Crippen molar-refractivity contribution in [2.75, 3.05) is 6.54 Å². The molecular formula is C11H14FN. The van der Waals surface area contributed by atoms with Crippen molar-refractivity contribution in [1.29, 1.82) is 0 Å². The zero-order chi connectivity index (χ0) is 9.42. The van der Waals surface area contributed by atoms with Crippen LogP contribution in [-0.4, -0.2) is 6.54 Å². The van der Waals surface area contributed by atoms with Crippen molar-refractivity contribution in [3.8, 4) is 0 Å². The molecule has 0 aliphatic heterocycles. The van der Waals surface area contributed by atoms with Crippen LogP contribution in [0.5, 0.6) is 0 Å². The Morgan fingerprint density at radius 1 is 1.54 bits per heavy atom. The van der Waals surface area contributed by atoms with Gasteiger partial charge in [-0.25, -0.2) is 4.39 Å². The Morgan fingerprint density at radius 3 is 2.92 bits per heavy atom. The molecule has 70 valence electrons. The van der Waals surface area contributed by atoms with Gasteiger partial charge < -0.3 is 5.73 Å². The van der Waals surface area contributed by atoms with Crippen LogP contribution in [0.15, 0.2) is 18.2 Å². The molecule has 0 saturated heterocycles. The molecule has 1 aliphatic carbocycles. The molecule has 0 bridgehead atoms. The fourth-order valence-corrected chi connectivity index (χ4v) is 1.91. The first-order valence-corrected chi connectivity index (χ1v) is 4.69. The van der Waals surface area contributed by atoms with Crippen LogP contribution in [0.3, 0.4) is 0 Å². The zero-order valence-corrected chi connectivity index (χ0v) is 7.76. The minimum absolute atomic E-state index is 0.0971. The number of benzene rings is 1. The van der Waals surface area contributed by atoms with Gasteiger partial charge in [0.15, 0.2) is 0 Å². The summed E-state index contributed by atoms with van der Waals surface area (Å²) < 4.78 is 13.2. The van der Waals surface area contributed by atoms with Crippen LogP contribution in [-0.2, 0) is 0 Å². The molecule has 0 spiro atoms. The summed E-state index contributed by atoms with van der Waals surface area (Å²) in [7, 11) is 0. The van der Waals surface area contributed by atoms with E-state index in [-0.39, 0.29) is 5.82 Å². The third-order valence-electron chi connectivity index (χ3n) is 2.93. The van der Waals surface area contributed by atoms with Gasteiger partial charge in [-0.05, 0) is 48.9 Å². The second-order valence-corrected chi connectivity index (χ2v) is 3.79. The fourth-order valence-electron chi connectivity index (χ4n) is 1.91. The molecule has 0 heterocycles. The molecule has 1 aromatic carbocycles. The van der Waals surface area contributed by atoms with E-state index in [0.29, 0.717) is 11.8 Å². The molecule has 2 atom stereocenters. The standard InChI is InChI=1S/C11H14FN/c1-7-9(3-2-4-11(7)12)10-5-8(10)6-13/h2-4,8,10H,5-6,13H2,1H3. The minimum Gasteiger partial charge on any atom is -0.330 e. The predicted octanol–water partition coefficient (Wildman–Crippen LogP) is 2.20. The molecule has 1 saturated carbocycles. The van der Waals surface area contributed by atoms with Crippen LogP contribution >= 0.6 is 0 Å². The van der Waals surface area contributed by atoms with E-state index in [2.05, 4.69) is 0 Å². The van der Waals surface area contributed by atoms with Crippen LogP contribution in [0, 0.1) is 18.7 Å². The maximum Gasteiger partial charge on any atom is 0.126 e. The van der Waals surface area contributed by atoms with Crippen molar-refractivity contribution in [3.63, 3.8) is 0 Å². The lowest BCUT2D eigenvalue weighted by Gasteiger charge is -2.04. The van der Waals surface area contributed by atoms with E-state index in [1.54, 1.807) is 6.07 Å². The Hall–Kier alpha value is -0.890. The Balaban J connectivity index is 2.27. The number of rotatable bonds is 2. The molecule has 0 aromatic heterocycles. The van der Waals surface area contributed by atoms with Crippen molar-refractivity contribution in [3.05, 3.63) is 35.1 Å². The average molecular weight is 179 g/mol. The van der Waals surface area contributed by atoms with E-state index in [1.807, 2.05) is 13.0 Å². The monoisotopic (exact) mass is 179 g/mol. The van der Waals surface area contributed by atoms with Gasteiger partial charge in [0.2, 0.25) is 0 Å². The number of hydrogen-bond donors (Lipinski definition) is 1. The first kappa shape index (κ1) is 8.70. The number of hydrogen-bond acceptors (Lipinski definition) is 1. The van der Waals surface area contributed by atoms with E-state index >= 15 is 0 Å². The Morgan fingerprint density at radius 2 is 2.31 bits per heavy atom. The summed E-state index contributed by atoms with van der Waals surface area (Å²) in [4.78, 5) is 0. The van der Waals surface area contributed by atoms with Gasteiger partial charge in [0, 0.05) is 0 Å². The smallest absolute Gasteiger partial charge is 0.126 e. The highest BCUT2D eigenvalue weighted by atomic mass is 19.1. The van der Waals surface area contributed by atoms with Crippen LogP contribution in [0.2, 0.25) is 0 Å². The van der Waals surface area contributed by atoms with Crippen LogP contribution < -0.4 is 5.73 Å². The van der Waals surface area contributed by atoms with E-state index in [1.165, 1.54) is 6.07 Å². The molecule has 2 N–H and O–H groups in total. The normalized spacial score (nSPS) is 26.1. The summed E-state index contributed by atoms with van der Waals surface area (Å²) in [6, 6.07) is 5.31. The highest BCUT2D eigenvalue weighted by Crippen LogP contribution is 2.47. The Bertz CT molecular complexity index is 322. The number of halogens is 1. The maximum absolute atomic E-state index is 13.2. The lowest BCUT2D eigenvalue weighted by atomic mass is 10.0. The topological polar surface area (TPSA) is 26.0 Å². The predicted molar refractivity (Wildman–Crippen MR) is 51.0 cm³/mol. The summed E-state index contributed by atoms with van der Waals surface area (Å²) in [5, 5.41) is 0. The quantitative estimate of drug-likeness (QED) is 0.740. The molecular weight excluding hydrogens is 165 g/mol. The van der Waals surface area contributed by atoms with Gasteiger partial charge in [-0.15, -0.1) is 0 Å². The average Bonchev–Trinajstić information content (AvgIpc) is 2.89. The largest absolute Gasteiger partial charge is 0.330 e. The van der Waals surface area contributed by atoms with Gasteiger partial charge in [-0.2, -0.15) is 0 Å². The molecule has 0 radical (unpaired) electrons. The molecule has 1 fully saturated rings. The van der Waals surface area contributed by atoms with E-state index in [0.717, 1.165) is 24.1 Å². The summed E-state index contributed by atoms with van der Waals surface area (Å²) >= 11 is 0. The molecule has 1 nitrogen and oxygen atoms in total. The van der Waals surface area contributed by atoms with Gasteiger partial charge >= 0.3 is 0 Å². The van der Waals surface area contributed by atoms with Crippen LogP contribution in [0.4, 0.5) is 4.39 Å². The third-order valence-corrected chi connectivity index (χ3v) is 2.93. The first-order valence-electron chi connectivity index (χ1n) is 4.69. The Kier molecular flexibility index (Phi) is 2.08.